The first kappa shape index (κ1) is 11.1. The lowest BCUT2D eigenvalue weighted by Crippen LogP contribution is -2.24. The lowest BCUT2D eigenvalue weighted by atomic mass is 10.00. The Kier molecular flexibility index (Phi) is 2.47. The molecule has 1 saturated carbocycles. The average Bonchev–Trinajstić information content (AvgIpc) is 2.97. The van der Waals surface area contributed by atoms with Crippen LogP contribution in [0.2, 0.25) is 0 Å². The van der Waals surface area contributed by atoms with Crippen molar-refractivity contribution < 1.29 is 9.53 Å². The molecule has 1 fully saturated rings. The summed E-state index contributed by atoms with van der Waals surface area (Å²) in [5, 5.41) is 0. The quantitative estimate of drug-likeness (QED) is 0.587. The summed E-state index contributed by atoms with van der Waals surface area (Å²) in [6.07, 6.45) is 1.75. The fourth-order valence-electron chi connectivity index (χ4n) is 2.62. The van der Waals surface area contributed by atoms with Gasteiger partial charge in [0, 0.05) is 17.9 Å². The van der Waals surface area contributed by atoms with Crippen LogP contribution in [-0.4, -0.2) is 18.5 Å². The van der Waals surface area contributed by atoms with Crippen LogP contribution in [0, 0.1) is 5.92 Å². The molecule has 2 atom stereocenters. The number of rotatable bonds is 2. The predicted octanol–water partition coefficient (Wildman–Crippen LogP) is 0.525. The second kappa shape index (κ2) is 4.01. The minimum atomic E-state index is -0.212. The summed E-state index contributed by atoms with van der Waals surface area (Å²) in [5.74, 6) is 0.757. The van der Waals surface area contributed by atoms with E-state index >= 15 is 0 Å². The first-order valence-corrected chi connectivity index (χ1v) is 6.05. The van der Waals surface area contributed by atoms with Crippen molar-refractivity contribution >= 4 is 11.9 Å². The third-order valence-corrected chi connectivity index (χ3v) is 3.53. The van der Waals surface area contributed by atoms with Crippen molar-refractivity contribution in [3.63, 3.8) is 0 Å². The van der Waals surface area contributed by atoms with Gasteiger partial charge in [-0.15, -0.1) is 0 Å². The van der Waals surface area contributed by atoms with E-state index in [2.05, 4.69) is 11.1 Å². The largest absolute Gasteiger partial charge is 0.493 e. The Morgan fingerprint density at radius 1 is 1.39 bits per heavy atom. The second-order valence-electron chi connectivity index (χ2n) is 4.75. The Labute approximate surface area is 105 Å². The molecule has 4 N–H and O–H groups in total. The molecule has 18 heavy (non-hydrogen) atoms. The number of nitrogens with two attached hydrogens (primary N) is 2. The molecule has 2 aliphatic rings. The molecule has 94 valence electrons. The number of amides is 1. The van der Waals surface area contributed by atoms with Gasteiger partial charge in [-0.2, -0.15) is 4.99 Å². The van der Waals surface area contributed by atoms with E-state index in [0.29, 0.717) is 0 Å². The van der Waals surface area contributed by atoms with Crippen LogP contribution in [-0.2, 0) is 11.2 Å². The Morgan fingerprint density at radius 2 is 2.22 bits per heavy atom. The van der Waals surface area contributed by atoms with Crippen molar-refractivity contribution in [3.05, 3.63) is 29.3 Å². The number of fused-ring (bicyclic) bond motifs is 1. The number of hydrogen-bond acceptors (Lipinski definition) is 2. The Bertz CT molecular complexity index is 535. The molecule has 0 spiro atoms. The maximum Gasteiger partial charge on any atom is 0.252 e. The summed E-state index contributed by atoms with van der Waals surface area (Å²) < 4.78 is 5.52. The van der Waals surface area contributed by atoms with E-state index in [0.717, 1.165) is 25.2 Å². The van der Waals surface area contributed by atoms with E-state index in [9.17, 15) is 4.79 Å². The molecular formula is C13H15N3O2. The zero-order valence-electron chi connectivity index (χ0n) is 9.93. The Hall–Kier alpha value is -2.04. The maximum atomic E-state index is 11.7. The minimum absolute atomic E-state index is 0.0702. The minimum Gasteiger partial charge on any atom is -0.493 e. The van der Waals surface area contributed by atoms with E-state index < -0.39 is 0 Å². The van der Waals surface area contributed by atoms with Crippen molar-refractivity contribution in [2.45, 2.75) is 18.8 Å². The Morgan fingerprint density at radius 3 is 3.00 bits per heavy atom. The van der Waals surface area contributed by atoms with Gasteiger partial charge in [0.2, 0.25) is 0 Å². The molecule has 0 saturated heterocycles. The number of nitrogens with zero attached hydrogens (tertiary/aromatic N) is 1. The summed E-state index contributed by atoms with van der Waals surface area (Å²) in [5.41, 5.74) is 12.9. The fraction of sp³-hybridized carbons (Fsp3) is 0.385. The van der Waals surface area contributed by atoms with Crippen LogP contribution < -0.4 is 16.2 Å². The monoisotopic (exact) mass is 245 g/mol. The molecule has 0 bridgehead atoms. The van der Waals surface area contributed by atoms with Crippen molar-refractivity contribution in [3.8, 4) is 5.75 Å². The normalized spacial score (nSPS) is 24.0. The zero-order chi connectivity index (χ0) is 12.7. The van der Waals surface area contributed by atoms with E-state index in [1.165, 1.54) is 11.1 Å². The summed E-state index contributed by atoms with van der Waals surface area (Å²) >= 11 is 0. The molecule has 1 aliphatic heterocycles. The lowest BCUT2D eigenvalue weighted by Gasteiger charge is -2.05. The highest BCUT2D eigenvalue weighted by Gasteiger charge is 2.45. The maximum absolute atomic E-state index is 11.7. The summed E-state index contributed by atoms with van der Waals surface area (Å²) in [6.45, 7) is 0.728. The highest BCUT2D eigenvalue weighted by molar-refractivity contribution is 5.94. The third kappa shape index (κ3) is 1.81. The van der Waals surface area contributed by atoms with Gasteiger partial charge >= 0.3 is 0 Å². The Balaban J connectivity index is 1.81. The molecular weight excluding hydrogens is 230 g/mol. The smallest absolute Gasteiger partial charge is 0.252 e. The van der Waals surface area contributed by atoms with Crippen LogP contribution >= 0.6 is 0 Å². The molecule has 1 unspecified atom stereocenters. The standard InChI is InChI=1S/C13H15N3O2/c14-13(15)16-12(17)10-6-9(10)7-2-1-3-11-8(7)4-5-18-11/h1-3,9-10H,4-6H2,(H4,14,15,16,17)/t9?,10-/m1/s1. The van der Waals surface area contributed by atoms with E-state index in [1.807, 2.05) is 12.1 Å². The first-order valence-electron chi connectivity index (χ1n) is 6.05. The second-order valence-corrected chi connectivity index (χ2v) is 4.75. The van der Waals surface area contributed by atoms with Gasteiger partial charge in [-0.05, 0) is 24.0 Å². The molecule has 1 aromatic rings. The molecule has 1 amide bonds. The van der Waals surface area contributed by atoms with Gasteiger partial charge in [0.25, 0.3) is 5.91 Å². The highest BCUT2D eigenvalue weighted by Crippen LogP contribution is 2.51. The van der Waals surface area contributed by atoms with Crippen molar-refractivity contribution in [1.82, 2.24) is 0 Å². The zero-order valence-corrected chi connectivity index (χ0v) is 9.93. The predicted molar refractivity (Wildman–Crippen MR) is 67.3 cm³/mol. The SMILES string of the molecule is NC(N)=NC(=O)[C@@H]1CC1c1cccc2c1CCO2. The molecule has 1 aromatic carbocycles. The third-order valence-electron chi connectivity index (χ3n) is 3.53. The van der Waals surface area contributed by atoms with E-state index in [-0.39, 0.29) is 23.7 Å². The van der Waals surface area contributed by atoms with Gasteiger partial charge in [0.15, 0.2) is 5.96 Å². The topological polar surface area (TPSA) is 90.7 Å². The molecule has 3 rings (SSSR count). The molecule has 1 aliphatic carbocycles. The number of aliphatic imine (C=N–C) groups is 1. The first-order chi connectivity index (χ1) is 8.66. The van der Waals surface area contributed by atoms with Crippen LogP contribution in [0.4, 0.5) is 0 Å². The van der Waals surface area contributed by atoms with Crippen LogP contribution in [0.5, 0.6) is 5.75 Å². The molecule has 5 heteroatoms. The van der Waals surface area contributed by atoms with Crippen molar-refractivity contribution in [2.75, 3.05) is 6.61 Å². The number of guanidine groups is 1. The van der Waals surface area contributed by atoms with Gasteiger partial charge in [0.1, 0.15) is 5.75 Å². The van der Waals surface area contributed by atoms with Gasteiger partial charge in [0.05, 0.1) is 6.61 Å². The van der Waals surface area contributed by atoms with E-state index in [1.54, 1.807) is 0 Å². The molecule has 1 heterocycles. The van der Waals surface area contributed by atoms with Crippen LogP contribution in [0.1, 0.15) is 23.5 Å². The number of carbonyl (C=O) groups excluding carboxylic acids is 1. The van der Waals surface area contributed by atoms with Crippen LogP contribution in [0.25, 0.3) is 0 Å². The van der Waals surface area contributed by atoms with Gasteiger partial charge in [-0.25, -0.2) is 0 Å². The van der Waals surface area contributed by atoms with Gasteiger partial charge < -0.3 is 16.2 Å². The summed E-state index contributed by atoms with van der Waals surface area (Å²) in [4.78, 5) is 15.3. The fourth-order valence-corrected chi connectivity index (χ4v) is 2.62. The molecule has 0 aromatic heterocycles. The van der Waals surface area contributed by atoms with Crippen LogP contribution in [0.3, 0.4) is 0 Å². The summed E-state index contributed by atoms with van der Waals surface area (Å²) in [6, 6.07) is 6.02. The lowest BCUT2D eigenvalue weighted by molar-refractivity contribution is -0.119. The van der Waals surface area contributed by atoms with Crippen molar-refractivity contribution in [1.29, 1.82) is 0 Å². The number of ether oxygens (including phenoxy) is 1. The van der Waals surface area contributed by atoms with Crippen LogP contribution in [0.15, 0.2) is 23.2 Å². The molecule has 0 radical (unpaired) electrons. The number of hydrogen-bond donors (Lipinski definition) is 2. The van der Waals surface area contributed by atoms with E-state index in [4.69, 9.17) is 16.2 Å². The molecule has 5 nitrogen and oxygen atoms in total. The number of carbonyl (C=O) groups is 1. The number of benzene rings is 1. The van der Waals surface area contributed by atoms with Gasteiger partial charge in [-0.1, -0.05) is 12.1 Å². The van der Waals surface area contributed by atoms with Crippen molar-refractivity contribution in [2.24, 2.45) is 22.4 Å². The van der Waals surface area contributed by atoms with Gasteiger partial charge in [-0.3, -0.25) is 4.79 Å². The summed E-state index contributed by atoms with van der Waals surface area (Å²) in [7, 11) is 0. The highest BCUT2D eigenvalue weighted by atomic mass is 16.5. The average molecular weight is 245 g/mol.